The highest BCUT2D eigenvalue weighted by molar-refractivity contribution is 9.09. The predicted octanol–water partition coefficient (Wildman–Crippen LogP) is 3.06. The third kappa shape index (κ3) is 3.30. The molecule has 0 spiro atoms. The average molecular weight is 259 g/mol. The van der Waals surface area contributed by atoms with E-state index in [-0.39, 0.29) is 0 Å². The van der Waals surface area contributed by atoms with E-state index in [1.165, 1.54) is 0 Å². The van der Waals surface area contributed by atoms with Gasteiger partial charge < -0.3 is 5.73 Å². The second kappa shape index (κ2) is 5.16. The van der Waals surface area contributed by atoms with Gasteiger partial charge in [0.2, 0.25) is 0 Å². The molecule has 0 saturated carbocycles. The highest BCUT2D eigenvalue weighted by Gasteiger charge is 1.95. The van der Waals surface area contributed by atoms with E-state index in [0.717, 1.165) is 17.3 Å². The molecule has 0 aromatic heterocycles. The summed E-state index contributed by atoms with van der Waals surface area (Å²) in [5.41, 5.74) is 7.08. The number of rotatable bonds is 1. The molecule has 0 atom stereocenters. The third-order valence-corrected chi connectivity index (χ3v) is 2.16. The molecule has 0 aliphatic heterocycles. The third-order valence-electron chi connectivity index (χ3n) is 1.43. The van der Waals surface area contributed by atoms with Crippen LogP contribution < -0.4 is 5.73 Å². The van der Waals surface area contributed by atoms with E-state index in [1.807, 2.05) is 0 Å². The van der Waals surface area contributed by atoms with Crippen LogP contribution in [-0.4, -0.2) is 5.33 Å². The van der Waals surface area contributed by atoms with Gasteiger partial charge in [0, 0.05) is 23.0 Å². The number of nitrogen functional groups attached to an aromatic ring is 1. The number of halogens is 2. The molecule has 0 fully saturated rings. The van der Waals surface area contributed by atoms with E-state index in [9.17, 15) is 0 Å². The first kappa shape index (κ1) is 10.4. The Bertz CT molecular complexity index is 352. The summed E-state index contributed by atoms with van der Waals surface area (Å²) in [6, 6.07) is 5.30. The van der Waals surface area contributed by atoms with Crippen molar-refractivity contribution in [1.29, 1.82) is 0 Å². The Morgan fingerprint density at radius 2 is 2.23 bits per heavy atom. The summed E-state index contributed by atoms with van der Waals surface area (Å²) >= 11 is 9.20. The van der Waals surface area contributed by atoms with Crippen molar-refractivity contribution in [3.8, 4) is 11.8 Å². The van der Waals surface area contributed by atoms with Gasteiger partial charge in [0.15, 0.2) is 0 Å². The zero-order valence-electron chi connectivity index (χ0n) is 6.98. The summed E-state index contributed by atoms with van der Waals surface area (Å²) in [5, 5.41) is 1.52. The topological polar surface area (TPSA) is 26.0 Å². The predicted molar refractivity (Wildman–Crippen MR) is 61.2 cm³/mol. The van der Waals surface area contributed by atoms with Gasteiger partial charge >= 0.3 is 0 Å². The normalized spacial score (nSPS) is 9.08. The minimum atomic E-state index is 0.649. The van der Waals surface area contributed by atoms with Gasteiger partial charge in [-0.2, -0.15) is 0 Å². The van der Waals surface area contributed by atoms with Crippen LogP contribution >= 0.6 is 27.5 Å². The SMILES string of the molecule is Nc1ccc(Cl)c(C#CCCBr)c1. The molecule has 0 heterocycles. The summed E-state index contributed by atoms with van der Waals surface area (Å²) in [5.74, 6) is 5.95. The second-order valence-electron chi connectivity index (χ2n) is 2.48. The molecule has 0 radical (unpaired) electrons. The Kier molecular flexibility index (Phi) is 4.14. The smallest absolute Gasteiger partial charge is 0.0564 e. The van der Waals surface area contributed by atoms with Gasteiger partial charge in [-0.15, -0.1) is 0 Å². The van der Waals surface area contributed by atoms with Crippen LogP contribution in [0.3, 0.4) is 0 Å². The molecule has 1 aromatic rings. The van der Waals surface area contributed by atoms with Crippen molar-refractivity contribution in [3.63, 3.8) is 0 Å². The van der Waals surface area contributed by atoms with Crippen molar-refractivity contribution in [2.24, 2.45) is 0 Å². The van der Waals surface area contributed by atoms with Crippen molar-refractivity contribution in [2.75, 3.05) is 11.1 Å². The van der Waals surface area contributed by atoms with Crippen LogP contribution in [0.4, 0.5) is 5.69 Å². The van der Waals surface area contributed by atoms with Crippen LogP contribution in [0.2, 0.25) is 5.02 Å². The van der Waals surface area contributed by atoms with Crippen molar-refractivity contribution in [3.05, 3.63) is 28.8 Å². The zero-order chi connectivity index (χ0) is 9.68. The molecule has 3 heteroatoms. The highest BCUT2D eigenvalue weighted by Crippen LogP contribution is 2.17. The van der Waals surface area contributed by atoms with Crippen LogP contribution in [0.25, 0.3) is 0 Å². The van der Waals surface area contributed by atoms with Gasteiger partial charge in [0.05, 0.1) is 5.02 Å². The number of alkyl halides is 1. The van der Waals surface area contributed by atoms with E-state index in [4.69, 9.17) is 17.3 Å². The Balaban J connectivity index is 2.89. The molecule has 13 heavy (non-hydrogen) atoms. The van der Waals surface area contributed by atoms with Gasteiger partial charge in [-0.3, -0.25) is 0 Å². The Hall–Kier alpha value is -0.650. The van der Waals surface area contributed by atoms with Gasteiger partial charge in [0.25, 0.3) is 0 Å². The van der Waals surface area contributed by atoms with E-state index >= 15 is 0 Å². The monoisotopic (exact) mass is 257 g/mol. The largest absolute Gasteiger partial charge is 0.399 e. The zero-order valence-corrected chi connectivity index (χ0v) is 9.32. The molecular weight excluding hydrogens is 249 g/mol. The molecule has 2 N–H and O–H groups in total. The lowest BCUT2D eigenvalue weighted by Gasteiger charge is -1.96. The molecule has 1 aromatic carbocycles. The average Bonchev–Trinajstić information content (AvgIpc) is 2.11. The Labute approximate surface area is 91.4 Å². The van der Waals surface area contributed by atoms with Crippen LogP contribution in [-0.2, 0) is 0 Å². The highest BCUT2D eigenvalue weighted by atomic mass is 79.9. The first-order valence-corrected chi connectivity index (χ1v) is 5.34. The minimum absolute atomic E-state index is 0.649. The molecule has 68 valence electrons. The fraction of sp³-hybridized carbons (Fsp3) is 0.200. The lowest BCUT2D eigenvalue weighted by Crippen LogP contribution is -1.86. The lowest BCUT2D eigenvalue weighted by atomic mass is 10.2. The number of anilines is 1. The molecule has 0 aliphatic carbocycles. The first-order chi connectivity index (χ1) is 6.24. The van der Waals surface area contributed by atoms with Crippen LogP contribution in [0.1, 0.15) is 12.0 Å². The van der Waals surface area contributed by atoms with Crippen LogP contribution in [0.15, 0.2) is 18.2 Å². The standard InChI is InChI=1S/C10H9BrClN/c11-6-2-1-3-8-7-9(13)4-5-10(8)12/h4-5,7H,2,6,13H2. The van der Waals surface area contributed by atoms with Gasteiger partial charge in [-0.05, 0) is 18.2 Å². The summed E-state index contributed by atoms with van der Waals surface area (Å²) in [4.78, 5) is 0. The van der Waals surface area contributed by atoms with E-state index < -0.39 is 0 Å². The Morgan fingerprint density at radius 3 is 2.92 bits per heavy atom. The molecule has 1 nitrogen and oxygen atoms in total. The van der Waals surface area contributed by atoms with E-state index in [2.05, 4.69) is 27.8 Å². The molecular formula is C10H9BrClN. The molecule has 0 bridgehead atoms. The number of hydrogen-bond acceptors (Lipinski definition) is 1. The van der Waals surface area contributed by atoms with E-state index in [1.54, 1.807) is 18.2 Å². The summed E-state index contributed by atoms with van der Waals surface area (Å²) < 4.78 is 0. The molecule has 0 saturated heterocycles. The fourth-order valence-electron chi connectivity index (χ4n) is 0.844. The van der Waals surface area contributed by atoms with Crippen molar-refractivity contribution < 1.29 is 0 Å². The summed E-state index contributed by atoms with van der Waals surface area (Å²) in [6.45, 7) is 0. The number of hydrogen-bond donors (Lipinski definition) is 1. The maximum atomic E-state index is 5.91. The molecule has 0 amide bonds. The maximum Gasteiger partial charge on any atom is 0.0564 e. The van der Waals surface area contributed by atoms with Gasteiger partial charge in [-0.25, -0.2) is 0 Å². The second-order valence-corrected chi connectivity index (χ2v) is 3.68. The van der Waals surface area contributed by atoms with Crippen LogP contribution in [0, 0.1) is 11.8 Å². The van der Waals surface area contributed by atoms with E-state index in [0.29, 0.717) is 10.7 Å². The Morgan fingerprint density at radius 1 is 1.46 bits per heavy atom. The summed E-state index contributed by atoms with van der Waals surface area (Å²) in [6.07, 6.45) is 0.811. The van der Waals surface area contributed by atoms with Crippen LogP contribution in [0.5, 0.6) is 0 Å². The molecule has 0 unspecified atom stereocenters. The number of benzene rings is 1. The molecule has 1 rings (SSSR count). The summed E-state index contributed by atoms with van der Waals surface area (Å²) in [7, 11) is 0. The maximum absolute atomic E-state index is 5.91. The van der Waals surface area contributed by atoms with Crippen molar-refractivity contribution in [1.82, 2.24) is 0 Å². The van der Waals surface area contributed by atoms with Crippen molar-refractivity contribution >= 4 is 33.2 Å². The number of nitrogens with two attached hydrogens (primary N) is 1. The first-order valence-electron chi connectivity index (χ1n) is 3.84. The lowest BCUT2D eigenvalue weighted by molar-refractivity contribution is 1.32. The van der Waals surface area contributed by atoms with Gasteiger partial charge in [0.1, 0.15) is 0 Å². The van der Waals surface area contributed by atoms with Gasteiger partial charge in [-0.1, -0.05) is 39.4 Å². The molecule has 0 aliphatic rings. The fourth-order valence-corrected chi connectivity index (χ4v) is 1.21. The minimum Gasteiger partial charge on any atom is -0.399 e. The van der Waals surface area contributed by atoms with Crippen molar-refractivity contribution in [2.45, 2.75) is 6.42 Å². The quantitative estimate of drug-likeness (QED) is 0.468.